The predicted octanol–water partition coefficient (Wildman–Crippen LogP) is 2.34. The molecule has 2 heterocycles. The van der Waals surface area contributed by atoms with Gasteiger partial charge in [0.2, 0.25) is 0 Å². The molecule has 0 fully saturated rings. The molecular weight excluding hydrogens is 176 g/mol. The standard InChI is InChI=1S/C10H12N4/c1-3-9-12-10(14-13-9)8-5-4-7(2)11-6-8/h4-6,9H,3H2,1-2H3. The zero-order chi connectivity index (χ0) is 9.97. The van der Waals surface area contributed by atoms with E-state index in [0.717, 1.165) is 17.7 Å². The molecule has 72 valence electrons. The first kappa shape index (κ1) is 8.99. The Balaban J connectivity index is 2.25. The number of rotatable bonds is 2. The summed E-state index contributed by atoms with van der Waals surface area (Å²) in [5, 5.41) is 8.05. The molecule has 0 saturated carbocycles. The van der Waals surface area contributed by atoms with Gasteiger partial charge < -0.3 is 0 Å². The largest absolute Gasteiger partial charge is 0.261 e. The first-order valence-corrected chi connectivity index (χ1v) is 4.71. The number of aliphatic imine (C=N–C) groups is 1. The van der Waals surface area contributed by atoms with Crippen LogP contribution in [0.5, 0.6) is 0 Å². The molecule has 14 heavy (non-hydrogen) atoms. The molecule has 0 saturated heterocycles. The molecular formula is C10H12N4. The Morgan fingerprint density at radius 3 is 2.79 bits per heavy atom. The summed E-state index contributed by atoms with van der Waals surface area (Å²) in [6, 6.07) is 3.92. The smallest absolute Gasteiger partial charge is 0.180 e. The van der Waals surface area contributed by atoms with Gasteiger partial charge in [-0.05, 0) is 25.5 Å². The summed E-state index contributed by atoms with van der Waals surface area (Å²) in [4.78, 5) is 8.54. The van der Waals surface area contributed by atoms with E-state index in [0.29, 0.717) is 5.84 Å². The summed E-state index contributed by atoms with van der Waals surface area (Å²) in [5.74, 6) is 0.698. The molecule has 1 aromatic heterocycles. The van der Waals surface area contributed by atoms with E-state index in [1.807, 2.05) is 26.0 Å². The molecule has 0 aromatic carbocycles. The van der Waals surface area contributed by atoms with Gasteiger partial charge in [0, 0.05) is 17.5 Å². The van der Waals surface area contributed by atoms with Gasteiger partial charge in [-0.15, -0.1) is 5.11 Å². The molecule has 1 aromatic rings. The lowest BCUT2D eigenvalue weighted by Crippen LogP contribution is -1.98. The number of pyridine rings is 1. The lowest BCUT2D eigenvalue weighted by atomic mass is 10.2. The van der Waals surface area contributed by atoms with Crippen LogP contribution in [0.3, 0.4) is 0 Å². The minimum absolute atomic E-state index is 0.00584. The Morgan fingerprint density at radius 2 is 2.21 bits per heavy atom. The first-order chi connectivity index (χ1) is 6.79. The fourth-order valence-electron chi connectivity index (χ4n) is 1.22. The van der Waals surface area contributed by atoms with Crippen molar-refractivity contribution >= 4 is 5.84 Å². The summed E-state index contributed by atoms with van der Waals surface area (Å²) in [6.07, 6.45) is 2.68. The number of aromatic nitrogens is 1. The number of aryl methyl sites for hydroxylation is 1. The summed E-state index contributed by atoms with van der Waals surface area (Å²) < 4.78 is 0. The van der Waals surface area contributed by atoms with Crippen LogP contribution < -0.4 is 0 Å². The number of nitrogens with zero attached hydrogens (tertiary/aromatic N) is 4. The maximum atomic E-state index is 4.35. The molecule has 2 rings (SSSR count). The molecule has 1 aliphatic heterocycles. The first-order valence-electron chi connectivity index (χ1n) is 4.71. The van der Waals surface area contributed by atoms with Crippen molar-refractivity contribution < 1.29 is 0 Å². The normalized spacial score (nSPS) is 19.9. The zero-order valence-corrected chi connectivity index (χ0v) is 8.31. The van der Waals surface area contributed by atoms with E-state index in [9.17, 15) is 0 Å². The number of hydrogen-bond acceptors (Lipinski definition) is 4. The van der Waals surface area contributed by atoms with Gasteiger partial charge in [-0.2, -0.15) is 5.11 Å². The molecule has 1 aliphatic rings. The van der Waals surface area contributed by atoms with Gasteiger partial charge in [-0.1, -0.05) is 6.92 Å². The van der Waals surface area contributed by atoms with Crippen molar-refractivity contribution in [3.63, 3.8) is 0 Å². The van der Waals surface area contributed by atoms with Gasteiger partial charge in [0.1, 0.15) is 0 Å². The van der Waals surface area contributed by atoms with Crippen LogP contribution in [0.15, 0.2) is 33.6 Å². The number of hydrogen-bond donors (Lipinski definition) is 0. The lowest BCUT2D eigenvalue weighted by molar-refractivity contribution is 0.683. The molecule has 0 bridgehead atoms. The minimum atomic E-state index is 0.00584. The highest BCUT2D eigenvalue weighted by atomic mass is 15.3. The SMILES string of the molecule is CCC1N=NC(c2ccc(C)nc2)=N1. The highest BCUT2D eigenvalue weighted by Gasteiger charge is 2.13. The topological polar surface area (TPSA) is 50.0 Å². The fraction of sp³-hybridized carbons (Fsp3) is 0.400. The van der Waals surface area contributed by atoms with Gasteiger partial charge in [0.15, 0.2) is 12.0 Å². The maximum Gasteiger partial charge on any atom is 0.180 e. The van der Waals surface area contributed by atoms with E-state index in [-0.39, 0.29) is 6.17 Å². The Kier molecular flexibility index (Phi) is 2.35. The van der Waals surface area contributed by atoms with Crippen molar-refractivity contribution in [1.82, 2.24) is 4.98 Å². The maximum absolute atomic E-state index is 4.35. The second-order valence-electron chi connectivity index (χ2n) is 3.25. The van der Waals surface area contributed by atoms with Gasteiger partial charge in [-0.3, -0.25) is 4.98 Å². The molecule has 0 radical (unpaired) electrons. The monoisotopic (exact) mass is 188 g/mol. The highest BCUT2D eigenvalue weighted by Crippen LogP contribution is 2.13. The van der Waals surface area contributed by atoms with Gasteiger partial charge >= 0.3 is 0 Å². The van der Waals surface area contributed by atoms with E-state index in [4.69, 9.17) is 0 Å². The van der Waals surface area contributed by atoms with Crippen molar-refractivity contribution in [1.29, 1.82) is 0 Å². The van der Waals surface area contributed by atoms with Crippen LogP contribution in [-0.4, -0.2) is 17.0 Å². The minimum Gasteiger partial charge on any atom is -0.261 e. The van der Waals surface area contributed by atoms with E-state index < -0.39 is 0 Å². The van der Waals surface area contributed by atoms with Crippen molar-refractivity contribution in [2.75, 3.05) is 0 Å². The van der Waals surface area contributed by atoms with Crippen molar-refractivity contribution in [2.24, 2.45) is 15.2 Å². The second kappa shape index (κ2) is 3.65. The Hall–Kier alpha value is -1.58. The second-order valence-corrected chi connectivity index (χ2v) is 3.25. The molecule has 0 N–H and O–H groups in total. The van der Waals surface area contributed by atoms with Crippen LogP contribution in [0.1, 0.15) is 24.6 Å². The predicted molar refractivity (Wildman–Crippen MR) is 54.4 cm³/mol. The van der Waals surface area contributed by atoms with Crippen LogP contribution in [0, 0.1) is 6.92 Å². The Labute approximate surface area is 82.8 Å². The summed E-state index contributed by atoms with van der Waals surface area (Å²) >= 11 is 0. The highest BCUT2D eigenvalue weighted by molar-refractivity contribution is 5.99. The van der Waals surface area contributed by atoms with Crippen molar-refractivity contribution in [2.45, 2.75) is 26.4 Å². The summed E-state index contributed by atoms with van der Waals surface area (Å²) in [7, 11) is 0. The zero-order valence-electron chi connectivity index (χ0n) is 8.31. The summed E-state index contributed by atoms with van der Waals surface area (Å²) in [6.45, 7) is 4.00. The van der Waals surface area contributed by atoms with Crippen LogP contribution in [0.4, 0.5) is 0 Å². The molecule has 0 spiro atoms. The van der Waals surface area contributed by atoms with Crippen LogP contribution in [0.25, 0.3) is 0 Å². The third kappa shape index (κ3) is 1.69. The number of amidine groups is 1. The Bertz CT molecular complexity index is 378. The van der Waals surface area contributed by atoms with Crippen molar-refractivity contribution in [3.8, 4) is 0 Å². The average molecular weight is 188 g/mol. The third-order valence-corrected chi connectivity index (χ3v) is 2.09. The van der Waals surface area contributed by atoms with Crippen molar-refractivity contribution in [3.05, 3.63) is 29.6 Å². The molecule has 1 unspecified atom stereocenters. The van der Waals surface area contributed by atoms with Gasteiger partial charge in [0.25, 0.3) is 0 Å². The van der Waals surface area contributed by atoms with Crippen LogP contribution in [-0.2, 0) is 0 Å². The molecule has 4 nitrogen and oxygen atoms in total. The lowest BCUT2D eigenvalue weighted by Gasteiger charge is -1.96. The average Bonchev–Trinajstić information content (AvgIpc) is 2.67. The van der Waals surface area contributed by atoms with E-state index >= 15 is 0 Å². The molecule has 0 aliphatic carbocycles. The number of azo groups is 1. The van der Waals surface area contributed by atoms with Crippen LogP contribution in [0.2, 0.25) is 0 Å². The van der Waals surface area contributed by atoms with Crippen LogP contribution >= 0.6 is 0 Å². The molecule has 1 atom stereocenters. The Morgan fingerprint density at radius 1 is 1.36 bits per heavy atom. The van der Waals surface area contributed by atoms with E-state index in [2.05, 4.69) is 20.2 Å². The summed E-state index contributed by atoms with van der Waals surface area (Å²) in [5.41, 5.74) is 1.94. The van der Waals surface area contributed by atoms with E-state index in [1.165, 1.54) is 0 Å². The molecule has 4 heteroatoms. The quantitative estimate of drug-likeness (QED) is 0.702. The fourth-order valence-corrected chi connectivity index (χ4v) is 1.22. The van der Waals surface area contributed by atoms with Gasteiger partial charge in [0.05, 0.1) is 0 Å². The third-order valence-electron chi connectivity index (χ3n) is 2.09. The van der Waals surface area contributed by atoms with E-state index in [1.54, 1.807) is 6.20 Å². The molecule has 0 amide bonds. The van der Waals surface area contributed by atoms with Gasteiger partial charge in [-0.25, -0.2) is 4.99 Å².